The summed E-state index contributed by atoms with van der Waals surface area (Å²) in [6, 6.07) is 12.8. The second-order valence-electron chi connectivity index (χ2n) is 8.49. The van der Waals surface area contributed by atoms with E-state index in [-0.39, 0.29) is 17.8 Å². The maximum atomic E-state index is 13.5. The third kappa shape index (κ3) is 6.65. The van der Waals surface area contributed by atoms with Crippen molar-refractivity contribution < 1.29 is 9.18 Å². The lowest BCUT2D eigenvalue weighted by Gasteiger charge is -2.21. The molecule has 2 N–H and O–H groups in total. The van der Waals surface area contributed by atoms with E-state index in [1.807, 2.05) is 36.9 Å². The molecule has 0 aliphatic carbocycles. The van der Waals surface area contributed by atoms with E-state index in [0.717, 1.165) is 42.1 Å². The van der Waals surface area contributed by atoms with Gasteiger partial charge in [0.1, 0.15) is 5.82 Å². The zero-order valence-electron chi connectivity index (χ0n) is 19.4. The van der Waals surface area contributed by atoms with Crippen molar-refractivity contribution in [2.45, 2.75) is 37.1 Å². The number of amides is 1. The highest BCUT2D eigenvalue weighted by Crippen LogP contribution is 2.29. The first-order valence-electron chi connectivity index (χ1n) is 11.1. The van der Waals surface area contributed by atoms with E-state index in [1.165, 1.54) is 18.6 Å². The fourth-order valence-corrected chi connectivity index (χ4v) is 5.45. The van der Waals surface area contributed by atoms with Crippen molar-refractivity contribution in [2.24, 2.45) is 0 Å². The highest BCUT2D eigenvalue weighted by Gasteiger charge is 2.28. The lowest BCUT2D eigenvalue weighted by Crippen LogP contribution is -2.33. The van der Waals surface area contributed by atoms with Crippen molar-refractivity contribution in [2.75, 3.05) is 43.7 Å². The van der Waals surface area contributed by atoms with Gasteiger partial charge in [-0.05, 0) is 86.5 Å². The molecule has 1 fully saturated rings. The summed E-state index contributed by atoms with van der Waals surface area (Å²) in [5, 5.41) is 7.35. The number of nitrogens with zero attached hydrogens (tertiary/aromatic N) is 1. The van der Waals surface area contributed by atoms with E-state index >= 15 is 0 Å². The maximum Gasteiger partial charge on any atom is 0.252 e. The smallest absolute Gasteiger partial charge is 0.252 e. The van der Waals surface area contributed by atoms with Crippen LogP contribution in [0.4, 0.5) is 10.1 Å². The molecule has 0 bridgehead atoms. The minimum atomic E-state index is -0.285. The van der Waals surface area contributed by atoms with E-state index in [0.29, 0.717) is 16.9 Å². The predicted molar refractivity (Wildman–Crippen MR) is 139 cm³/mol. The summed E-state index contributed by atoms with van der Waals surface area (Å²) < 4.78 is 13.5. The Hall–Kier alpha value is -1.70. The van der Waals surface area contributed by atoms with Crippen LogP contribution >= 0.6 is 23.5 Å². The Labute approximate surface area is 200 Å². The van der Waals surface area contributed by atoms with Gasteiger partial charge in [-0.3, -0.25) is 4.79 Å². The Bertz CT molecular complexity index is 893. The van der Waals surface area contributed by atoms with Crippen LogP contribution in [-0.2, 0) is 0 Å². The van der Waals surface area contributed by atoms with Gasteiger partial charge in [-0.1, -0.05) is 12.1 Å². The van der Waals surface area contributed by atoms with Crippen molar-refractivity contribution in [3.63, 3.8) is 0 Å². The van der Waals surface area contributed by atoms with Crippen molar-refractivity contribution in [1.29, 1.82) is 0 Å². The standard InChI is InChI=1S/C25H34FN3OS2/c1-17(11-12-31-3)28-25(30)23-10-9-20(13-24(23)18-5-7-19(26)8-6-18)27-15-21-14-22(32-4)16-29(21)2/h5-10,13,17,21-22,27H,11-12,14-16H2,1-4H3,(H,28,30)/t17-,21+,22+/m1/s1. The van der Waals surface area contributed by atoms with Crippen molar-refractivity contribution >= 4 is 35.1 Å². The first-order chi connectivity index (χ1) is 15.4. The summed E-state index contributed by atoms with van der Waals surface area (Å²) in [7, 11) is 2.18. The van der Waals surface area contributed by atoms with Crippen LogP contribution in [0.25, 0.3) is 11.1 Å². The number of carbonyl (C=O) groups excluding carboxylic acids is 1. The van der Waals surface area contributed by atoms with Gasteiger partial charge in [0.25, 0.3) is 5.91 Å². The quantitative estimate of drug-likeness (QED) is 0.494. The van der Waals surface area contributed by atoms with Gasteiger partial charge < -0.3 is 15.5 Å². The minimum Gasteiger partial charge on any atom is -0.383 e. The summed E-state index contributed by atoms with van der Waals surface area (Å²) in [5.74, 6) is 0.623. The first kappa shape index (κ1) is 24.9. The number of likely N-dealkylation sites (N-methyl/N-ethyl adjacent to an activating group) is 1. The molecule has 1 saturated heterocycles. The second-order valence-corrected chi connectivity index (χ2v) is 10.6. The number of likely N-dealkylation sites (tertiary alicyclic amines) is 1. The largest absolute Gasteiger partial charge is 0.383 e. The zero-order valence-corrected chi connectivity index (χ0v) is 21.0. The predicted octanol–water partition coefficient (Wildman–Crippen LogP) is 5.21. The van der Waals surface area contributed by atoms with E-state index in [2.05, 4.69) is 35.1 Å². The van der Waals surface area contributed by atoms with Crippen LogP contribution in [0.5, 0.6) is 0 Å². The topological polar surface area (TPSA) is 44.4 Å². The summed E-state index contributed by atoms with van der Waals surface area (Å²) >= 11 is 3.71. The van der Waals surface area contributed by atoms with E-state index < -0.39 is 0 Å². The fraction of sp³-hybridized carbons (Fsp3) is 0.480. The van der Waals surface area contributed by atoms with Crippen molar-refractivity contribution in [3.8, 4) is 11.1 Å². The molecule has 3 rings (SSSR count). The van der Waals surface area contributed by atoms with Gasteiger partial charge in [0.05, 0.1) is 0 Å². The van der Waals surface area contributed by atoms with Gasteiger partial charge in [0, 0.05) is 41.7 Å². The summed E-state index contributed by atoms with van der Waals surface area (Å²) in [6.07, 6.45) is 6.33. The van der Waals surface area contributed by atoms with Gasteiger partial charge >= 0.3 is 0 Å². The molecule has 0 unspecified atom stereocenters. The van der Waals surface area contributed by atoms with Gasteiger partial charge in [0.15, 0.2) is 0 Å². The number of hydrogen-bond donors (Lipinski definition) is 2. The molecule has 1 aliphatic rings. The van der Waals surface area contributed by atoms with Crippen LogP contribution in [0.1, 0.15) is 30.1 Å². The van der Waals surface area contributed by atoms with Crippen LogP contribution < -0.4 is 10.6 Å². The van der Waals surface area contributed by atoms with Crippen LogP contribution in [0.3, 0.4) is 0 Å². The molecular weight excluding hydrogens is 441 g/mol. The molecular formula is C25H34FN3OS2. The number of halogens is 1. The average Bonchev–Trinajstić information content (AvgIpc) is 3.16. The molecule has 0 spiro atoms. The van der Waals surface area contributed by atoms with Crippen molar-refractivity contribution in [1.82, 2.24) is 10.2 Å². The number of hydrogen-bond acceptors (Lipinski definition) is 5. The molecule has 1 aliphatic heterocycles. The first-order valence-corrected chi connectivity index (χ1v) is 13.8. The minimum absolute atomic E-state index is 0.0936. The number of thioether (sulfide) groups is 2. The average molecular weight is 476 g/mol. The molecule has 4 nitrogen and oxygen atoms in total. The Kier molecular flexibility index (Phi) is 9.32. The lowest BCUT2D eigenvalue weighted by atomic mass is 9.98. The normalized spacial score (nSPS) is 19.7. The molecule has 2 aromatic rings. The SMILES string of the molecule is CSCC[C@@H](C)NC(=O)c1ccc(NC[C@@H]2C[C@H](SC)CN2C)cc1-c1ccc(F)cc1. The summed E-state index contributed by atoms with van der Waals surface area (Å²) in [4.78, 5) is 15.5. The third-order valence-electron chi connectivity index (χ3n) is 6.08. The van der Waals surface area contributed by atoms with E-state index in [9.17, 15) is 9.18 Å². The van der Waals surface area contributed by atoms with Gasteiger partial charge in [-0.2, -0.15) is 23.5 Å². The Morgan fingerprint density at radius 1 is 1.22 bits per heavy atom. The highest BCUT2D eigenvalue weighted by molar-refractivity contribution is 7.99. The third-order valence-corrected chi connectivity index (χ3v) is 7.73. The van der Waals surface area contributed by atoms with E-state index in [4.69, 9.17) is 0 Å². The van der Waals surface area contributed by atoms with E-state index in [1.54, 1.807) is 23.9 Å². The van der Waals surface area contributed by atoms with Gasteiger partial charge in [-0.25, -0.2) is 4.39 Å². The van der Waals surface area contributed by atoms with Gasteiger partial charge in [0.2, 0.25) is 0 Å². The number of nitrogens with one attached hydrogen (secondary N) is 2. The fourth-order valence-electron chi connectivity index (χ4n) is 4.06. The second kappa shape index (κ2) is 12.0. The van der Waals surface area contributed by atoms with Crippen LogP contribution in [-0.4, -0.2) is 66.5 Å². The molecule has 32 heavy (non-hydrogen) atoms. The molecule has 7 heteroatoms. The van der Waals surface area contributed by atoms with Crippen LogP contribution in [0, 0.1) is 5.82 Å². The molecule has 1 heterocycles. The summed E-state index contributed by atoms with van der Waals surface area (Å²) in [6.45, 7) is 4.00. The van der Waals surface area contributed by atoms with Crippen molar-refractivity contribution in [3.05, 3.63) is 53.8 Å². The van der Waals surface area contributed by atoms with Crippen LogP contribution in [0.2, 0.25) is 0 Å². The molecule has 0 radical (unpaired) electrons. The number of rotatable bonds is 10. The highest BCUT2D eigenvalue weighted by atomic mass is 32.2. The monoisotopic (exact) mass is 475 g/mol. The molecule has 3 atom stereocenters. The molecule has 2 aromatic carbocycles. The number of anilines is 1. The summed E-state index contributed by atoms with van der Waals surface area (Å²) in [5.41, 5.74) is 3.22. The molecule has 1 amide bonds. The zero-order chi connectivity index (χ0) is 23.1. The Morgan fingerprint density at radius 3 is 2.62 bits per heavy atom. The molecule has 0 saturated carbocycles. The Morgan fingerprint density at radius 2 is 1.97 bits per heavy atom. The lowest BCUT2D eigenvalue weighted by molar-refractivity contribution is 0.0940. The van der Waals surface area contributed by atoms with Crippen LogP contribution in [0.15, 0.2) is 42.5 Å². The Balaban J connectivity index is 1.79. The number of benzene rings is 2. The number of carbonyl (C=O) groups is 1. The van der Waals surface area contributed by atoms with Gasteiger partial charge in [-0.15, -0.1) is 0 Å². The maximum absolute atomic E-state index is 13.5. The molecule has 0 aromatic heterocycles. The molecule has 174 valence electrons.